The van der Waals surface area contributed by atoms with Gasteiger partial charge >= 0.3 is 0 Å². The quantitative estimate of drug-likeness (QED) is 0.842. The Kier molecular flexibility index (Phi) is 3.25. The second-order valence-electron chi connectivity index (χ2n) is 7.61. The molecule has 2 saturated carbocycles. The lowest BCUT2D eigenvalue weighted by Crippen LogP contribution is -2.66. The summed E-state index contributed by atoms with van der Waals surface area (Å²) in [5, 5.41) is 4.88. The monoisotopic (exact) mass is 365 g/mol. The minimum absolute atomic E-state index is 0.206. The summed E-state index contributed by atoms with van der Waals surface area (Å²) >= 11 is 6.44. The van der Waals surface area contributed by atoms with Gasteiger partial charge in [0.1, 0.15) is 17.0 Å². The van der Waals surface area contributed by atoms with Crippen LogP contribution in [0.3, 0.4) is 0 Å². The minimum Gasteiger partial charge on any atom is -0.354 e. The molecule has 1 aliphatic heterocycles. The number of fused-ring (bicyclic) bond motifs is 1. The van der Waals surface area contributed by atoms with Gasteiger partial charge in [0.05, 0.1) is 11.9 Å². The first-order valence-electron chi connectivity index (χ1n) is 8.46. The van der Waals surface area contributed by atoms with Gasteiger partial charge in [-0.15, -0.1) is 0 Å². The largest absolute Gasteiger partial charge is 0.354 e. The molecule has 2 aliphatic carbocycles. The van der Waals surface area contributed by atoms with Gasteiger partial charge in [0, 0.05) is 30.6 Å². The van der Waals surface area contributed by atoms with E-state index in [1.807, 2.05) is 13.0 Å². The van der Waals surface area contributed by atoms with Crippen LogP contribution in [0.4, 0.5) is 5.82 Å². The van der Waals surface area contributed by atoms with E-state index in [2.05, 4.69) is 19.3 Å². The molecule has 1 spiro atoms. The summed E-state index contributed by atoms with van der Waals surface area (Å²) in [5.74, 6) is 0.976. The fourth-order valence-corrected chi connectivity index (χ4v) is 5.41. The molecule has 1 saturated heterocycles. The standard InChI is InChI=1S/C16H20ClN5OS/c1-10-4-13(17)21-14(10)15(18-9-19-21)20-7-16(8-20)5-12(6-16)22(24-23)11-2-3-11/h4,9,11-12,24H,2-3,5-8H2,1H3. The summed E-state index contributed by atoms with van der Waals surface area (Å²) in [6.45, 7) is 4.09. The van der Waals surface area contributed by atoms with Crippen LogP contribution >= 0.6 is 11.6 Å². The highest BCUT2D eigenvalue weighted by Crippen LogP contribution is 2.53. The first kappa shape index (κ1) is 15.1. The second-order valence-corrected chi connectivity index (χ2v) is 8.62. The number of halogens is 1. The highest BCUT2D eigenvalue weighted by Gasteiger charge is 2.56. The van der Waals surface area contributed by atoms with E-state index in [1.165, 1.54) is 12.8 Å². The predicted molar refractivity (Wildman–Crippen MR) is 94.8 cm³/mol. The normalized spacial score (nSPS) is 23.0. The zero-order valence-corrected chi connectivity index (χ0v) is 15.2. The van der Waals surface area contributed by atoms with Crippen molar-refractivity contribution in [2.24, 2.45) is 5.41 Å². The van der Waals surface area contributed by atoms with Crippen molar-refractivity contribution in [1.82, 2.24) is 18.9 Å². The number of hydrogen-bond acceptors (Lipinski definition) is 4. The molecule has 0 amide bonds. The van der Waals surface area contributed by atoms with E-state index < -0.39 is 0 Å². The van der Waals surface area contributed by atoms with Gasteiger partial charge in [-0.2, -0.15) is 5.10 Å². The first-order chi connectivity index (χ1) is 11.6. The van der Waals surface area contributed by atoms with E-state index in [0.717, 1.165) is 42.8 Å². The van der Waals surface area contributed by atoms with E-state index in [0.29, 0.717) is 22.7 Å². The SMILES string of the molecule is Cc1cc(Cl)n2ncnc(N3CC4(CC(N([SH]=O)C5CC5)C4)C3)c12. The zero-order valence-electron chi connectivity index (χ0n) is 13.5. The van der Waals surface area contributed by atoms with Gasteiger partial charge in [-0.25, -0.2) is 18.0 Å². The lowest BCUT2D eigenvalue weighted by Gasteiger charge is -2.60. The third-order valence-corrected chi connectivity index (χ3v) is 6.87. The van der Waals surface area contributed by atoms with E-state index in [1.54, 1.807) is 10.8 Å². The Bertz CT molecular complexity index is 821. The Hall–Kier alpha value is -1.18. The van der Waals surface area contributed by atoms with Gasteiger partial charge in [0.15, 0.2) is 5.82 Å². The van der Waals surface area contributed by atoms with Crippen molar-refractivity contribution in [1.29, 1.82) is 0 Å². The van der Waals surface area contributed by atoms with E-state index in [9.17, 15) is 4.21 Å². The van der Waals surface area contributed by atoms with Crippen LogP contribution in [0, 0.1) is 12.3 Å². The topological polar surface area (TPSA) is 53.7 Å². The van der Waals surface area contributed by atoms with Crippen molar-refractivity contribution in [2.75, 3.05) is 18.0 Å². The Morgan fingerprint density at radius 1 is 1.33 bits per heavy atom. The van der Waals surface area contributed by atoms with Crippen molar-refractivity contribution in [3.05, 3.63) is 23.1 Å². The number of rotatable bonds is 4. The Morgan fingerprint density at radius 2 is 2.08 bits per heavy atom. The summed E-state index contributed by atoms with van der Waals surface area (Å²) in [4.78, 5) is 6.84. The average molecular weight is 366 g/mol. The third kappa shape index (κ3) is 2.14. The van der Waals surface area contributed by atoms with Crippen LogP contribution in [0.25, 0.3) is 5.52 Å². The zero-order chi connectivity index (χ0) is 16.5. The van der Waals surface area contributed by atoms with Crippen LogP contribution in [0.5, 0.6) is 0 Å². The van der Waals surface area contributed by atoms with Crippen molar-refractivity contribution >= 4 is 34.8 Å². The van der Waals surface area contributed by atoms with E-state index in [4.69, 9.17) is 11.6 Å². The van der Waals surface area contributed by atoms with E-state index >= 15 is 0 Å². The highest BCUT2D eigenvalue weighted by atomic mass is 35.5. The lowest BCUT2D eigenvalue weighted by molar-refractivity contribution is 0.0139. The second kappa shape index (κ2) is 5.16. The molecule has 0 N–H and O–H groups in total. The molecule has 0 atom stereocenters. The molecule has 0 bridgehead atoms. The molecule has 0 radical (unpaired) electrons. The fourth-order valence-electron chi connectivity index (χ4n) is 4.46. The highest BCUT2D eigenvalue weighted by molar-refractivity contribution is 7.63. The molecule has 8 heteroatoms. The number of thiol groups is 1. The van der Waals surface area contributed by atoms with E-state index in [-0.39, 0.29) is 11.9 Å². The van der Waals surface area contributed by atoms with Gasteiger partial charge in [0.25, 0.3) is 0 Å². The molecular weight excluding hydrogens is 346 g/mol. The number of aryl methyl sites for hydroxylation is 1. The Labute approximate surface area is 149 Å². The van der Waals surface area contributed by atoms with Gasteiger partial charge in [0.2, 0.25) is 0 Å². The van der Waals surface area contributed by atoms with Crippen molar-refractivity contribution in [3.8, 4) is 0 Å². The summed E-state index contributed by atoms with van der Waals surface area (Å²) < 4.78 is 15.3. The summed E-state index contributed by atoms with van der Waals surface area (Å²) in [5.41, 5.74) is 2.49. The smallest absolute Gasteiger partial charge is 0.156 e. The Morgan fingerprint density at radius 3 is 2.75 bits per heavy atom. The van der Waals surface area contributed by atoms with Crippen LogP contribution in [-0.2, 0) is 11.9 Å². The van der Waals surface area contributed by atoms with Gasteiger partial charge in [-0.05, 0) is 44.2 Å². The lowest BCUT2D eigenvalue weighted by atomic mass is 9.60. The predicted octanol–water partition coefficient (Wildman–Crippen LogP) is 1.98. The summed E-state index contributed by atoms with van der Waals surface area (Å²) in [7, 11) is 0. The molecule has 6 nitrogen and oxygen atoms in total. The van der Waals surface area contributed by atoms with Crippen molar-refractivity contribution in [2.45, 2.75) is 44.7 Å². The first-order valence-corrected chi connectivity index (χ1v) is 9.60. The Balaban J connectivity index is 1.32. The van der Waals surface area contributed by atoms with Crippen LogP contribution in [0.1, 0.15) is 31.2 Å². The number of anilines is 1. The fraction of sp³-hybridized carbons (Fsp3) is 0.625. The number of nitrogens with zero attached hydrogens (tertiary/aromatic N) is 5. The molecule has 3 aliphatic rings. The molecule has 128 valence electrons. The number of aromatic nitrogens is 3. The summed E-state index contributed by atoms with van der Waals surface area (Å²) in [6.07, 6.45) is 6.29. The van der Waals surface area contributed by atoms with Crippen molar-refractivity contribution < 1.29 is 4.21 Å². The van der Waals surface area contributed by atoms with Crippen LogP contribution in [-0.4, -0.2) is 48.3 Å². The molecule has 0 aromatic carbocycles. The van der Waals surface area contributed by atoms with Crippen LogP contribution in [0.2, 0.25) is 5.15 Å². The molecule has 2 aromatic heterocycles. The van der Waals surface area contributed by atoms with Gasteiger partial charge < -0.3 is 4.90 Å². The summed E-state index contributed by atoms with van der Waals surface area (Å²) in [6, 6.07) is 2.99. The third-order valence-electron chi connectivity index (χ3n) is 5.76. The molecule has 5 rings (SSSR count). The molecule has 0 unspecified atom stereocenters. The minimum atomic E-state index is 0.206. The molecular formula is C16H20ClN5OS. The maximum atomic E-state index is 11.4. The van der Waals surface area contributed by atoms with Crippen LogP contribution in [0.15, 0.2) is 12.4 Å². The van der Waals surface area contributed by atoms with Gasteiger partial charge in [-0.3, -0.25) is 0 Å². The molecule has 3 fully saturated rings. The van der Waals surface area contributed by atoms with Crippen molar-refractivity contribution in [3.63, 3.8) is 0 Å². The maximum absolute atomic E-state index is 11.4. The number of hydrogen-bond donors (Lipinski definition) is 1. The average Bonchev–Trinajstić information content (AvgIpc) is 3.27. The maximum Gasteiger partial charge on any atom is 0.156 e. The molecule has 3 heterocycles. The molecule has 24 heavy (non-hydrogen) atoms. The van der Waals surface area contributed by atoms with Crippen LogP contribution < -0.4 is 4.90 Å². The molecule has 2 aromatic rings. The van der Waals surface area contributed by atoms with Gasteiger partial charge in [-0.1, -0.05) is 11.6 Å².